The van der Waals surface area contributed by atoms with Crippen molar-refractivity contribution < 1.29 is 9.53 Å². The van der Waals surface area contributed by atoms with Gasteiger partial charge in [0.2, 0.25) is 0 Å². The summed E-state index contributed by atoms with van der Waals surface area (Å²) in [6.07, 6.45) is 1.67. The van der Waals surface area contributed by atoms with Crippen LogP contribution in [0.2, 0.25) is 0 Å². The molecular formula is C14H23N3O2. The van der Waals surface area contributed by atoms with Crippen LogP contribution in [0.4, 0.5) is 5.82 Å². The first-order valence-electron chi connectivity index (χ1n) is 6.70. The van der Waals surface area contributed by atoms with Crippen LogP contribution in [-0.2, 0) is 4.74 Å². The Bertz CT molecular complexity index is 394. The second-order valence-electron chi connectivity index (χ2n) is 4.65. The maximum Gasteiger partial charge on any atom is 0.255 e. The average molecular weight is 265 g/mol. The zero-order valence-electron chi connectivity index (χ0n) is 11.9. The molecule has 0 unspecified atom stereocenters. The molecule has 1 rings (SSSR count). The van der Waals surface area contributed by atoms with Crippen molar-refractivity contribution in [1.82, 2.24) is 10.3 Å². The molecule has 0 bridgehead atoms. The molecule has 0 spiro atoms. The lowest BCUT2D eigenvalue weighted by molar-refractivity contribution is 0.0886. The lowest BCUT2D eigenvalue weighted by Crippen LogP contribution is -2.28. The number of ether oxygens (including phenoxy) is 1. The number of amides is 1. The summed E-state index contributed by atoms with van der Waals surface area (Å²) in [6, 6.07) is 3.51. The van der Waals surface area contributed by atoms with Gasteiger partial charge in [0.25, 0.3) is 5.91 Å². The number of carbonyl (C=O) groups excluding carboxylic acids is 1. The van der Waals surface area contributed by atoms with Crippen LogP contribution in [0.5, 0.6) is 0 Å². The third kappa shape index (κ3) is 5.70. The highest BCUT2D eigenvalue weighted by Crippen LogP contribution is 2.10. The van der Waals surface area contributed by atoms with E-state index in [-0.39, 0.29) is 5.91 Å². The van der Waals surface area contributed by atoms with Gasteiger partial charge in [0.05, 0.1) is 12.2 Å². The van der Waals surface area contributed by atoms with Crippen molar-refractivity contribution >= 4 is 11.7 Å². The van der Waals surface area contributed by atoms with E-state index in [4.69, 9.17) is 4.74 Å². The molecule has 0 aromatic carbocycles. The van der Waals surface area contributed by atoms with E-state index in [0.29, 0.717) is 37.1 Å². The molecule has 2 N–H and O–H groups in total. The Morgan fingerprint density at radius 1 is 1.47 bits per heavy atom. The SMILES string of the molecule is CCNc1ncccc1C(=O)NCCOCC(C)C. The predicted molar refractivity (Wildman–Crippen MR) is 76.4 cm³/mol. The summed E-state index contributed by atoms with van der Waals surface area (Å²) < 4.78 is 5.41. The van der Waals surface area contributed by atoms with Gasteiger partial charge in [-0.1, -0.05) is 13.8 Å². The maximum absolute atomic E-state index is 12.0. The Balaban J connectivity index is 2.41. The maximum atomic E-state index is 12.0. The second-order valence-corrected chi connectivity index (χ2v) is 4.65. The van der Waals surface area contributed by atoms with Gasteiger partial charge in [-0.15, -0.1) is 0 Å². The summed E-state index contributed by atoms with van der Waals surface area (Å²) in [5.41, 5.74) is 0.563. The zero-order valence-corrected chi connectivity index (χ0v) is 11.9. The highest BCUT2D eigenvalue weighted by Gasteiger charge is 2.10. The van der Waals surface area contributed by atoms with Crippen LogP contribution in [0.3, 0.4) is 0 Å². The van der Waals surface area contributed by atoms with Crippen molar-refractivity contribution in [2.45, 2.75) is 20.8 Å². The largest absolute Gasteiger partial charge is 0.379 e. The first-order chi connectivity index (χ1) is 9.15. The van der Waals surface area contributed by atoms with Crippen LogP contribution < -0.4 is 10.6 Å². The van der Waals surface area contributed by atoms with E-state index in [1.54, 1.807) is 18.3 Å². The molecule has 0 fully saturated rings. The molecule has 0 saturated carbocycles. The summed E-state index contributed by atoms with van der Waals surface area (Å²) in [7, 11) is 0. The molecule has 106 valence electrons. The predicted octanol–water partition coefficient (Wildman–Crippen LogP) is 1.92. The molecule has 5 heteroatoms. The molecule has 5 nitrogen and oxygen atoms in total. The van der Waals surface area contributed by atoms with Crippen LogP contribution in [0, 0.1) is 5.92 Å². The topological polar surface area (TPSA) is 63.2 Å². The Kier molecular flexibility index (Phi) is 6.89. The summed E-state index contributed by atoms with van der Waals surface area (Å²) in [4.78, 5) is 16.1. The van der Waals surface area contributed by atoms with Crippen molar-refractivity contribution in [2.24, 2.45) is 5.92 Å². The van der Waals surface area contributed by atoms with Gasteiger partial charge >= 0.3 is 0 Å². The van der Waals surface area contributed by atoms with Gasteiger partial charge in [-0.3, -0.25) is 4.79 Å². The highest BCUT2D eigenvalue weighted by molar-refractivity contribution is 5.98. The number of nitrogens with one attached hydrogen (secondary N) is 2. The number of hydrogen-bond acceptors (Lipinski definition) is 4. The van der Waals surface area contributed by atoms with Gasteiger partial charge in [-0.25, -0.2) is 4.98 Å². The zero-order chi connectivity index (χ0) is 14.1. The molecule has 1 aromatic rings. The first kappa shape index (κ1) is 15.4. The number of hydrogen-bond donors (Lipinski definition) is 2. The van der Waals surface area contributed by atoms with Crippen molar-refractivity contribution in [2.75, 3.05) is 31.6 Å². The summed E-state index contributed by atoms with van der Waals surface area (Å²) >= 11 is 0. The quantitative estimate of drug-likeness (QED) is 0.705. The monoisotopic (exact) mass is 265 g/mol. The van der Waals surface area contributed by atoms with E-state index in [0.717, 1.165) is 6.54 Å². The third-order valence-corrected chi connectivity index (χ3v) is 2.38. The molecule has 1 amide bonds. The molecule has 1 aromatic heterocycles. The molecule has 0 aliphatic heterocycles. The fourth-order valence-corrected chi connectivity index (χ4v) is 1.55. The van der Waals surface area contributed by atoms with Crippen molar-refractivity contribution in [3.8, 4) is 0 Å². The van der Waals surface area contributed by atoms with E-state index < -0.39 is 0 Å². The fraction of sp³-hybridized carbons (Fsp3) is 0.571. The fourth-order valence-electron chi connectivity index (χ4n) is 1.55. The molecule has 0 saturated heterocycles. The summed E-state index contributed by atoms with van der Waals surface area (Å²) in [5.74, 6) is 0.997. The number of aromatic nitrogens is 1. The van der Waals surface area contributed by atoms with E-state index >= 15 is 0 Å². The van der Waals surface area contributed by atoms with Crippen molar-refractivity contribution in [3.63, 3.8) is 0 Å². The molecule has 1 heterocycles. The Hall–Kier alpha value is -1.62. The Labute approximate surface area is 114 Å². The van der Waals surface area contributed by atoms with Gasteiger partial charge in [-0.05, 0) is 25.0 Å². The minimum absolute atomic E-state index is 0.128. The molecule has 0 atom stereocenters. The molecule has 0 aliphatic rings. The van der Waals surface area contributed by atoms with Gasteiger partial charge in [0, 0.05) is 25.9 Å². The van der Waals surface area contributed by atoms with E-state index in [1.165, 1.54) is 0 Å². The highest BCUT2D eigenvalue weighted by atomic mass is 16.5. The first-order valence-corrected chi connectivity index (χ1v) is 6.70. The lowest BCUT2D eigenvalue weighted by Gasteiger charge is -2.10. The standard InChI is InChI=1S/C14H23N3O2/c1-4-15-13-12(6-5-7-16-13)14(18)17-8-9-19-10-11(2)3/h5-7,11H,4,8-10H2,1-3H3,(H,15,16)(H,17,18). The van der Waals surface area contributed by atoms with E-state index in [9.17, 15) is 4.79 Å². The number of nitrogens with zero attached hydrogens (tertiary/aromatic N) is 1. The van der Waals surface area contributed by atoms with Crippen LogP contribution in [0.25, 0.3) is 0 Å². The van der Waals surface area contributed by atoms with Gasteiger partial charge in [-0.2, -0.15) is 0 Å². The Morgan fingerprint density at radius 3 is 2.95 bits per heavy atom. The second kappa shape index (κ2) is 8.48. The molecular weight excluding hydrogens is 242 g/mol. The molecule has 0 aliphatic carbocycles. The number of pyridine rings is 1. The summed E-state index contributed by atoms with van der Waals surface area (Å²) in [6.45, 7) is 8.64. The Morgan fingerprint density at radius 2 is 2.26 bits per heavy atom. The molecule has 19 heavy (non-hydrogen) atoms. The van der Waals surface area contributed by atoms with Crippen LogP contribution in [0.1, 0.15) is 31.1 Å². The third-order valence-electron chi connectivity index (χ3n) is 2.38. The minimum Gasteiger partial charge on any atom is -0.379 e. The minimum atomic E-state index is -0.128. The van der Waals surface area contributed by atoms with Crippen molar-refractivity contribution in [3.05, 3.63) is 23.9 Å². The number of rotatable bonds is 8. The van der Waals surface area contributed by atoms with Crippen molar-refractivity contribution in [1.29, 1.82) is 0 Å². The van der Waals surface area contributed by atoms with E-state index in [2.05, 4.69) is 29.5 Å². The number of anilines is 1. The van der Waals surface area contributed by atoms with Crippen LogP contribution in [0.15, 0.2) is 18.3 Å². The van der Waals surface area contributed by atoms with Gasteiger partial charge in [0.1, 0.15) is 5.82 Å². The lowest BCUT2D eigenvalue weighted by atomic mass is 10.2. The normalized spacial score (nSPS) is 10.5. The van der Waals surface area contributed by atoms with E-state index in [1.807, 2.05) is 6.92 Å². The summed E-state index contributed by atoms with van der Waals surface area (Å²) in [5, 5.41) is 5.90. The van der Waals surface area contributed by atoms with Gasteiger partial charge in [0.15, 0.2) is 0 Å². The number of carbonyl (C=O) groups is 1. The van der Waals surface area contributed by atoms with Gasteiger partial charge < -0.3 is 15.4 Å². The van der Waals surface area contributed by atoms with Crippen LogP contribution in [-0.4, -0.2) is 37.2 Å². The average Bonchev–Trinajstić information content (AvgIpc) is 2.39. The molecule has 0 radical (unpaired) electrons. The van der Waals surface area contributed by atoms with Crippen LogP contribution >= 0.6 is 0 Å². The smallest absolute Gasteiger partial charge is 0.255 e.